The van der Waals surface area contributed by atoms with E-state index in [1.54, 1.807) is 19.2 Å². The van der Waals surface area contributed by atoms with E-state index in [9.17, 15) is 4.39 Å². The molecule has 13 heavy (non-hydrogen) atoms. The molecule has 1 rings (SSSR count). The molecule has 2 nitrogen and oxygen atoms in total. The van der Waals surface area contributed by atoms with Gasteiger partial charge in [0, 0.05) is 0 Å². The fourth-order valence-electron chi connectivity index (χ4n) is 1.09. The molecule has 1 aromatic carbocycles. The molecule has 0 aliphatic carbocycles. The van der Waals surface area contributed by atoms with Gasteiger partial charge in [0.2, 0.25) is 0 Å². The molecule has 0 bridgehead atoms. The van der Waals surface area contributed by atoms with Crippen LogP contribution < -0.4 is 5.32 Å². The van der Waals surface area contributed by atoms with Crippen molar-refractivity contribution in [1.82, 2.24) is 5.32 Å². The number of benzene rings is 1. The molecule has 0 saturated heterocycles. The first-order valence-electron chi connectivity index (χ1n) is 3.92. The van der Waals surface area contributed by atoms with E-state index in [0.717, 1.165) is 5.56 Å². The smallest absolute Gasteiger partial charge is 0.137 e. The predicted molar refractivity (Wildman–Crippen MR) is 53.0 cm³/mol. The van der Waals surface area contributed by atoms with Crippen LogP contribution in [0, 0.1) is 5.82 Å². The monoisotopic (exact) mass is 247 g/mol. The van der Waals surface area contributed by atoms with Crippen LogP contribution in [0.25, 0.3) is 0 Å². The average molecular weight is 248 g/mol. The summed E-state index contributed by atoms with van der Waals surface area (Å²) in [5.74, 6) is -0.314. The second-order valence-corrected chi connectivity index (χ2v) is 3.55. The van der Waals surface area contributed by atoms with Crippen molar-refractivity contribution in [2.45, 2.75) is 6.04 Å². The SMILES string of the molecule is CN[C@@H](CO)c1ccc(Br)c(F)c1. The highest BCUT2D eigenvalue weighted by Crippen LogP contribution is 2.20. The molecule has 0 radical (unpaired) electrons. The molecule has 0 aliphatic heterocycles. The summed E-state index contributed by atoms with van der Waals surface area (Å²) in [6.45, 7) is -0.0441. The van der Waals surface area contributed by atoms with E-state index in [2.05, 4.69) is 21.2 Å². The maximum Gasteiger partial charge on any atom is 0.137 e. The summed E-state index contributed by atoms with van der Waals surface area (Å²) in [5.41, 5.74) is 0.741. The Balaban J connectivity index is 2.95. The quantitative estimate of drug-likeness (QED) is 0.855. The lowest BCUT2D eigenvalue weighted by Gasteiger charge is -2.13. The van der Waals surface area contributed by atoms with Crippen LogP contribution in [0.15, 0.2) is 22.7 Å². The number of aliphatic hydroxyl groups excluding tert-OH is 1. The number of likely N-dealkylation sites (N-methyl/N-ethyl adjacent to an activating group) is 1. The van der Waals surface area contributed by atoms with Crippen molar-refractivity contribution in [2.24, 2.45) is 0 Å². The Labute approximate surface area is 84.9 Å². The number of halogens is 2. The topological polar surface area (TPSA) is 32.3 Å². The summed E-state index contributed by atoms with van der Waals surface area (Å²) in [6, 6.07) is 4.60. The van der Waals surface area contributed by atoms with Crippen LogP contribution in [-0.2, 0) is 0 Å². The van der Waals surface area contributed by atoms with E-state index < -0.39 is 0 Å². The molecule has 0 fully saturated rings. The molecule has 72 valence electrons. The molecule has 0 amide bonds. The van der Waals surface area contributed by atoms with Crippen LogP contribution >= 0.6 is 15.9 Å². The van der Waals surface area contributed by atoms with Crippen LogP contribution in [0.4, 0.5) is 4.39 Å². The third-order valence-corrected chi connectivity index (χ3v) is 2.52. The maximum atomic E-state index is 13.1. The van der Waals surface area contributed by atoms with Gasteiger partial charge in [-0.2, -0.15) is 0 Å². The van der Waals surface area contributed by atoms with Gasteiger partial charge in [-0.3, -0.25) is 0 Å². The van der Waals surface area contributed by atoms with Crippen LogP contribution in [0.1, 0.15) is 11.6 Å². The Bertz CT molecular complexity index is 289. The number of aliphatic hydroxyl groups is 1. The van der Waals surface area contributed by atoms with Gasteiger partial charge in [-0.15, -0.1) is 0 Å². The zero-order valence-electron chi connectivity index (χ0n) is 7.22. The second kappa shape index (κ2) is 4.69. The van der Waals surface area contributed by atoms with Crippen LogP contribution in [0.5, 0.6) is 0 Å². The van der Waals surface area contributed by atoms with Gasteiger partial charge < -0.3 is 10.4 Å². The highest BCUT2D eigenvalue weighted by molar-refractivity contribution is 9.10. The minimum Gasteiger partial charge on any atom is -0.394 e. The van der Waals surface area contributed by atoms with Gasteiger partial charge in [-0.25, -0.2) is 4.39 Å². The molecule has 0 heterocycles. The Hall–Kier alpha value is -0.450. The number of hydrogen-bond acceptors (Lipinski definition) is 2. The molecule has 1 atom stereocenters. The van der Waals surface area contributed by atoms with E-state index in [-0.39, 0.29) is 18.5 Å². The largest absolute Gasteiger partial charge is 0.394 e. The van der Waals surface area contributed by atoms with E-state index in [4.69, 9.17) is 5.11 Å². The second-order valence-electron chi connectivity index (χ2n) is 2.70. The van der Waals surface area contributed by atoms with Crippen molar-refractivity contribution in [3.63, 3.8) is 0 Å². The van der Waals surface area contributed by atoms with Crippen LogP contribution in [-0.4, -0.2) is 18.8 Å². The Morgan fingerprint density at radius 3 is 2.77 bits per heavy atom. The van der Waals surface area contributed by atoms with Crippen LogP contribution in [0.3, 0.4) is 0 Å². The molecule has 1 aromatic rings. The van der Waals surface area contributed by atoms with E-state index in [1.165, 1.54) is 6.07 Å². The van der Waals surface area contributed by atoms with Gasteiger partial charge in [0.1, 0.15) is 5.82 Å². The summed E-state index contributed by atoms with van der Waals surface area (Å²) >= 11 is 3.06. The molecule has 2 N–H and O–H groups in total. The fraction of sp³-hybridized carbons (Fsp3) is 0.333. The minimum atomic E-state index is -0.314. The van der Waals surface area contributed by atoms with Gasteiger partial charge >= 0.3 is 0 Å². The average Bonchev–Trinajstić information content (AvgIpc) is 2.13. The van der Waals surface area contributed by atoms with Crippen molar-refractivity contribution in [3.8, 4) is 0 Å². The summed E-state index contributed by atoms with van der Waals surface area (Å²) in [7, 11) is 1.72. The molecule has 0 aromatic heterocycles. The normalized spacial score (nSPS) is 12.9. The zero-order valence-corrected chi connectivity index (χ0v) is 8.81. The molecule has 0 spiro atoms. The van der Waals surface area contributed by atoms with Gasteiger partial charge in [0.05, 0.1) is 17.1 Å². The first kappa shape index (κ1) is 10.6. The zero-order chi connectivity index (χ0) is 9.84. The number of hydrogen-bond donors (Lipinski definition) is 2. The third-order valence-electron chi connectivity index (χ3n) is 1.88. The highest BCUT2D eigenvalue weighted by Gasteiger charge is 2.09. The maximum absolute atomic E-state index is 13.1. The van der Waals surface area contributed by atoms with Crippen LogP contribution in [0.2, 0.25) is 0 Å². The lowest BCUT2D eigenvalue weighted by Crippen LogP contribution is -2.19. The number of nitrogens with one attached hydrogen (secondary N) is 1. The van der Waals surface area contributed by atoms with Crippen molar-refractivity contribution < 1.29 is 9.50 Å². The van der Waals surface area contributed by atoms with E-state index in [1.807, 2.05) is 0 Å². The van der Waals surface area contributed by atoms with E-state index in [0.29, 0.717) is 4.47 Å². The first-order chi connectivity index (χ1) is 6.19. The van der Waals surface area contributed by atoms with Gasteiger partial charge in [-0.05, 0) is 40.7 Å². The Morgan fingerprint density at radius 1 is 1.62 bits per heavy atom. The summed E-state index contributed by atoms with van der Waals surface area (Å²) < 4.78 is 13.5. The standard InChI is InChI=1S/C9H11BrFNO/c1-12-9(5-13)6-2-3-7(10)8(11)4-6/h2-4,9,12-13H,5H2,1H3/t9-/m0/s1. The summed E-state index contributed by atoms with van der Waals surface area (Å²) in [6.07, 6.45) is 0. The predicted octanol–water partition coefficient (Wildman–Crippen LogP) is 1.84. The summed E-state index contributed by atoms with van der Waals surface area (Å²) in [5, 5.41) is 11.8. The number of rotatable bonds is 3. The van der Waals surface area contributed by atoms with Crippen molar-refractivity contribution in [3.05, 3.63) is 34.1 Å². The Kier molecular flexibility index (Phi) is 3.84. The molecule has 4 heteroatoms. The van der Waals surface area contributed by atoms with Gasteiger partial charge in [0.25, 0.3) is 0 Å². The van der Waals surface area contributed by atoms with Gasteiger partial charge in [-0.1, -0.05) is 6.07 Å². The molecule has 0 saturated carbocycles. The Morgan fingerprint density at radius 2 is 2.31 bits per heavy atom. The fourth-order valence-corrected chi connectivity index (χ4v) is 1.34. The molecule has 0 aliphatic rings. The molecular weight excluding hydrogens is 237 g/mol. The lowest BCUT2D eigenvalue weighted by molar-refractivity contribution is 0.250. The van der Waals surface area contributed by atoms with Crippen molar-refractivity contribution in [2.75, 3.05) is 13.7 Å². The minimum absolute atomic E-state index is 0.0441. The summed E-state index contributed by atoms with van der Waals surface area (Å²) in [4.78, 5) is 0. The van der Waals surface area contributed by atoms with Crippen molar-refractivity contribution in [1.29, 1.82) is 0 Å². The highest BCUT2D eigenvalue weighted by atomic mass is 79.9. The van der Waals surface area contributed by atoms with E-state index >= 15 is 0 Å². The lowest BCUT2D eigenvalue weighted by atomic mass is 10.1. The van der Waals surface area contributed by atoms with Gasteiger partial charge in [0.15, 0.2) is 0 Å². The first-order valence-corrected chi connectivity index (χ1v) is 4.71. The molecular formula is C9H11BrFNO. The van der Waals surface area contributed by atoms with Crippen molar-refractivity contribution >= 4 is 15.9 Å². The third kappa shape index (κ3) is 2.49. The molecule has 0 unspecified atom stereocenters.